The molecule has 0 bridgehead atoms. The Hall–Kier alpha value is -3.30. The van der Waals surface area contributed by atoms with Crippen LogP contribution in [0.25, 0.3) is 6.08 Å². The summed E-state index contributed by atoms with van der Waals surface area (Å²) in [6.45, 7) is 5.83. The third-order valence-corrected chi connectivity index (χ3v) is 6.18. The fourth-order valence-electron chi connectivity index (χ4n) is 3.12. The summed E-state index contributed by atoms with van der Waals surface area (Å²) in [5.41, 5.74) is 1.11. The van der Waals surface area contributed by atoms with Crippen LogP contribution in [0.3, 0.4) is 0 Å². The Balaban J connectivity index is 1.97. The summed E-state index contributed by atoms with van der Waals surface area (Å²) in [7, 11) is -1.88. The van der Waals surface area contributed by atoms with E-state index in [2.05, 4.69) is 16.6 Å². The highest BCUT2D eigenvalue weighted by Gasteiger charge is 2.28. The predicted octanol–water partition coefficient (Wildman–Crippen LogP) is 4.55. The number of hydrogen-bond acceptors (Lipinski definition) is 3. The van der Waals surface area contributed by atoms with Gasteiger partial charge >= 0.3 is 0 Å². The van der Waals surface area contributed by atoms with E-state index in [-0.39, 0.29) is 16.3 Å². The van der Waals surface area contributed by atoms with Crippen molar-refractivity contribution >= 4 is 27.6 Å². The van der Waals surface area contributed by atoms with Gasteiger partial charge in [0.15, 0.2) is 11.6 Å². The molecule has 0 spiro atoms. The van der Waals surface area contributed by atoms with Gasteiger partial charge in [-0.15, -0.1) is 0 Å². The van der Waals surface area contributed by atoms with E-state index in [1.807, 2.05) is 19.1 Å². The Morgan fingerprint density at radius 3 is 2.74 bits per heavy atom. The molecule has 0 saturated carbocycles. The van der Waals surface area contributed by atoms with Crippen LogP contribution in [0, 0.1) is 16.4 Å². The van der Waals surface area contributed by atoms with E-state index in [9.17, 15) is 17.8 Å². The van der Waals surface area contributed by atoms with Crippen LogP contribution >= 0.6 is 0 Å². The molecule has 2 heterocycles. The van der Waals surface area contributed by atoms with Gasteiger partial charge in [0.05, 0.1) is 10.9 Å². The number of nitrogens with one attached hydrogen (secondary N) is 3. The molecule has 0 aliphatic carbocycles. The first kappa shape index (κ1) is 22.4. The van der Waals surface area contributed by atoms with Gasteiger partial charge in [0.25, 0.3) is 5.91 Å². The van der Waals surface area contributed by atoms with Crippen molar-refractivity contribution in [3.8, 4) is 0 Å². The Bertz CT molecular complexity index is 1240. The molecule has 31 heavy (non-hydrogen) atoms. The molecule has 3 N–H and O–H groups in total. The number of allylic oxidation sites excluding steroid dienone is 3. The molecule has 1 aromatic carbocycles. The molecule has 1 aliphatic heterocycles. The zero-order chi connectivity index (χ0) is 22.8. The number of aryl methyl sites for hydroxylation is 1. The third-order valence-electron chi connectivity index (χ3n) is 4.65. The average Bonchev–Trinajstić information content (AvgIpc) is 2.99. The zero-order valence-corrected chi connectivity index (χ0v) is 17.8. The van der Waals surface area contributed by atoms with Crippen LogP contribution in [0.15, 0.2) is 71.8 Å². The minimum absolute atomic E-state index is 0.0709. The van der Waals surface area contributed by atoms with E-state index in [4.69, 9.17) is 4.78 Å². The van der Waals surface area contributed by atoms with Gasteiger partial charge in [-0.1, -0.05) is 43.0 Å². The van der Waals surface area contributed by atoms with Crippen LogP contribution in [0.2, 0.25) is 0 Å². The molecule has 0 radical (unpaired) electrons. The van der Waals surface area contributed by atoms with Gasteiger partial charge in [0.1, 0.15) is 15.6 Å². The predicted molar refractivity (Wildman–Crippen MR) is 118 cm³/mol. The van der Waals surface area contributed by atoms with E-state index < -0.39 is 33.5 Å². The minimum atomic E-state index is -3.46. The number of hydrogen-bond donors (Lipinski definition) is 3. The van der Waals surface area contributed by atoms with E-state index >= 15 is 0 Å². The second-order valence-electron chi connectivity index (χ2n) is 6.92. The van der Waals surface area contributed by atoms with Crippen LogP contribution in [0.1, 0.15) is 23.0 Å². The summed E-state index contributed by atoms with van der Waals surface area (Å²) in [5.74, 6) is -2.72. The van der Waals surface area contributed by atoms with E-state index in [1.165, 1.54) is 16.8 Å². The molecule has 9 heteroatoms. The minimum Gasteiger partial charge on any atom is -0.345 e. The average molecular weight is 445 g/mol. The highest BCUT2D eigenvalue weighted by molar-refractivity contribution is 7.90. The van der Waals surface area contributed by atoms with Crippen molar-refractivity contribution in [2.45, 2.75) is 17.9 Å². The molecule has 6 nitrogen and oxygen atoms in total. The number of rotatable bonds is 5. The molecule has 162 valence electrons. The lowest BCUT2D eigenvalue weighted by Crippen LogP contribution is -2.32. The first-order valence-electron chi connectivity index (χ1n) is 9.32. The Morgan fingerprint density at radius 1 is 1.32 bits per heavy atom. The van der Waals surface area contributed by atoms with Gasteiger partial charge < -0.3 is 9.88 Å². The van der Waals surface area contributed by atoms with Crippen LogP contribution in [-0.2, 0) is 17.0 Å². The molecule has 3 rings (SSSR count). The van der Waals surface area contributed by atoms with Crippen molar-refractivity contribution in [2.75, 3.05) is 5.32 Å². The fourth-order valence-corrected chi connectivity index (χ4v) is 4.62. The third kappa shape index (κ3) is 4.73. The topological polar surface area (TPSA) is 87.0 Å². The highest BCUT2D eigenvalue weighted by atomic mass is 32.2. The van der Waals surface area contributed by atoms with E-state index in [0.29, 0.717) is 11.1 Å². The summed E-state index contributed by atoms with van der Waals surface area (Å²) < 4.78 is 52.3. The summed E-state index contributed by atoms with van der Waals surface area (Å²) in [6.07, 6.45) is 11.9. The summed E-state index contributed by atoms with van der Waals surface area (Å²) >= 11 is 0. The van der Waals surface area contributed by atoms with Crippen molar-refractivity contribution in [1.29, 1.82) is 4.78 Å². The molecule has 2 atom stereocenters. The van der Waals surface area contributed by atoms with Crippen molar-refractivity contribution in [3.63, 3.8) is 0 Å². The number of amides is 1. The van der Waals surface area contributed by atoms with Gasteiger partial charge in [-0.2, -0.15) is 0 Å². The number of fused-ring (bicyclic) bond motifs is 1. The summed E-state index contributed by atoms with van der Waals surface area (Å²) in [4.78, 5) is 13.0. The second-order valence-corrected chi connectivity index (χ2v) is 8.71. The van der Waals surface area contributed by atoms with E-state index in [1.54, 1.807) is 31.4 Å². The van der Waals surface area contributed by atoms with Crippen molar-refractivity contribution in [1.82, 2.24) is 9.29 Å². The number of halogens is 2. The molecule has 1 unspecified atom stereocenters. The number of benzene rings is 1. The molecular formula is C22H22F2N4O2S. The maximum atomic E-state index is 13.5. The highest BCUT2D eigenvalue weighted by Crippen LogP contribution is 2.28. The maximum Gasteiger partial charge on any atom is 0.272 e. The van der Waals surface area contributed by atoms with Crippen LogP contribution < -0.4 is 10.0 Å². The molecule has 0 saturated heterocycles. The number of carbonyl (C=O) groups is 1. The largest absolute Gasteiger partial charge is 0.345 e. The SMILES string of the molecule is C=C(/C=C\C=C/C)[C@H]1C=Cc2c(cn(C)c2C(=O)Nc2ccc(F)c(F)c2)S(=N)(=O)N1. The quantitative estimate of drug-likeness (QED) is 0.591. The zero-order valence-electron chi connectivity index (χ0n) is 17.0. The Morgan fingerprint density at radius 2 is 2.06 bits per heavy atom. The van der Waals surface area contributed by atoms with Gasteiger partial charge in [0.2, 0.25) is 0 Å². The molecule has 2 aromatic rings. The lowest BCUT2D eigenvalue weighted by atomic mass is 10.1. The van der Waals surface area contributed by atoms with Gasteiger partial charge in [-0.25, -0.2) is 22.5 Å². The lowest BCUT2D eigenvalue weighted by Gasteiger charge is -2.15. The standard InChI is InChI=1S/C22H22F2N4O2S/c1-4-5-6-7-14(2)19-11-9-16-20(31(25,30)27-19)13-28(3)21(16)22(29)26-15-8-10-17(23)18(24)12-15/h4-13,19H,2H2,1,3H3,(H,26,29)(H2,25,27,30)/b5-4-,7-6-/t19-,31?/m1/s1. The second kappa shape index (κ2) is 8.83. The molecule has 0 fully saturated rings. The van der Waals surface area contributed by atoms with E-state index in [0.717, 1.165) is 12.1 Å². The van der Waals surface area contributed by atoms with Crippen molar-refractivity contribution < 1.29 is 17.8 Å². The lowest BCUT2D eigenvalue weighted by molar-refractivity contribution is 0.101. The molecule has 1 amide bonds. The first-order chi connectivity index (χ1) is 14.6. The molecule has 1 aromatic heterocycles. The smallest absolute Gasteiger partial charge is 0.272 e. The van der Waals surface area contributed by atoms with Gasteiger partial charge in [0, 0.05) is 30.6 Å². The number of aromatic nitrogens is 1. The van der Waals surface area contributed by atoms with Crippen LogP contribution in [0.4, 0.5) is 14.5 Å². The summed E-state index contributed by atoms with van der Waals surface area (Å²) in [5, 5.41) is 2.51. The monoisotopic (exact) mass is 444 g/mol. The van der Waals surface area contributed by atoms with Crippen molar-refractivity contribution in [2.24, 2.45) is 7.05 Å². The normalized spacial score (nSPS) is 20.7. The van der Waals surface area contributed by atoms with Crippen molar-refractivity contribution in [3.05, 3.63) is 89.8 Å². The Kier molecular flexibility index (Phi) is 6.37. The van der Waals surface area contributed by atoms with Crippen LogP contribution in [0.5, 0.6) is 0 Å². The van der Waals surface area contributed by atoms with Gasteiger partial charge in [-0.3, -0.25) is 4.79 Å². The van der Waals surface area contributed by atoms with Crippen LogP contribution in [-0.4, -0.2) is 20.7 Å². The first-order valence-corrected chi connectivity index (χ1v) is 10.9. The summed E-state index contributed by atoms with van der Waals surface area (Å²) in [6, 6.07) is 2.44. The number of carbonyl (C=O) groups excluding carboxylic acids is 1. The Labute approximate surface area is 179 Å². The molecular weight excluding hydrogens is 422 g/mol. The number of anilines is 1. The maximum absolute atomic E-state index is 13.5. The molecule has 1 aliphatic rings. The fraction of sp³-hybridized carbons (Fsp3) is 0.136. The number of nitrogens with zero attached hydrogens (tertiary/aromatic N) is 1. The van der Waals surface area contributed by atoms with Gasteiger partial charge in [-0.05, 0) is 24.6 Å².